The van der Waals surface area contributed by atoms with Gasteiger partial charge in [-0.15, -0.1) is 0 Å². The molecule has 112 valence electrons. The van der Waals surface area contributed by atoms with Crippen LogP contribution in [-0.4, -0.2) is 6.10 Å². The molecule has 0 fully saturated rings. The Kier molecular flexibility index (Phi) is 5.80. The van der Waals surface area contributed by atoms with Crippen molar-refractivity contribution in [1.82, 2.24) is 0 Å². The number of ether oxygens (including phenoxy) is 1. The number of nitrogens with one attached hydrogen (secondary N) is 1. The van der Waals surface area contributed by atoms with E-state index in [1.165, 1.54) is 0 Å². The second-order valence-corrected chi connectivity index (χ2v) is 6.67. The van der Waals surface area contributed by atoms with Crippen molar-refractivity contribution in [2.45, 2.75) is 26.5 Å². The van der Waals surface area contributed by atoms with Crippen LogP contribution in [0, 0.1) is 0 Å². The van der Waals surface area contributed by atoms with Crippen molar-refractivity contribution in [1.29, 1.82) is 0 Å². The Balaban J connectivity index is 2.05. The predicted molar refractivity (Wildman–Crippen MR) is 93.7 cm³/mol. The lowest BCUT2D eigenvalue weighted by Gasteiger charge is -2.13. The molecule has 0 radical (unpaired) electrons. The van der Waals surface area contributed by atoms with Gasteiger partial charge < -0.3 is 10.1 Å². The molecule has 21 heavy (non-hydrogen) atoms. The Morgan fingerprint density at radius 2 is 1.76 bits per heavy atom. The lowest BCUT2D eigenvalue weighted by molar-refractivity contribution is 0.241. The maximum Gasteiger partial charge on any atom is 0.133 e. The molecule has 0 aromatic heterocycles. The first-order chi connectivity index (χ1) is 9.94. The zero-order chi connectivity index (χ0) is 15.4. The van der Waals surface area contributed by atoms with Gasteiger partial charge in [-0.3, -0.25) is 0 Å². The number of benzene rings is 2. The summed E-state index contributed by atoms with van der Waals surface area (Å²) in [7, 11) is 0. The fourth-order valence-electron chi connectivity index (χ4n) is 1.86. The Morgan fingerprint density at radius 1 is 1.10 bits per heavy atom. The number of hydrogen-bond acceptors (Lipinski definition) is 2. The first-order valence-electron chi connectivity index (χ1n) is 6.59. The normalized spacial score (nSPS) is 10.8. The van der Waals surface area contributed by atoms with Crippen molar-refractivity contribution in [2.75, 3.05) is 5.32 Å². The molecule has 0 bridgehead atoms. The van der Waals surface area contributed by atoms with Crippen molar-refractivity contribution < 1.29 is 4.74 Å². The average molecular weight is 389 g/mol. The maximum atomic E-state index is 5.98. The van der Waals surface area contributed by atoms with Gasteiger partial charge in [0.25, 0.3) is 0 Å². The topological polar surface area (TPSA) is 21.3 Å². The Labute approximate surface area is 143 Å². The first kappa shape index (κ1) is 16.5. The Hall–Kier alpha value is -0.900. The highest BCUT2D eigenvalue weighted by Crippen LogP contribution is 2.28. The van der Waals surface area contributed by atoms with Crippen LogP contribution in [0.3, 0.4) is 0 Å². The van der Waals surface area contributed by atoms with Gasteiger partial charge in [-0.05, 0) is 65.7 Å². The van der Waals surface area contributed by atoms with Crippen molar-refractivity contribution in [3.63, 3.8) is 0 Å². The molecule has 2 aromatic rings. The summed E-state index contributed by atoms with van der Waals surface area (Å²) in [5, 5.41) is 4.53. The molecule has 0 heterocycles. The van der Waals surface area contributed by atoms with Gasteiger partial charge in [0.1, 0.15) is 5.75 Å². The zero-order valence-electron chi connectivity index (χ0n) is 11.8. The molecular formula is C16H16BrCl2NO. The van der Waals surface area contributed by atoms with E-state index in [1.807, 2.05) is 44.2 Å². The van der Waals surface area contributed by atoms with Crippen molar-refractivity contribution >= 4 is 44.8 Å². The molecule has 0 saturated carbocycles. The molecule has 2 aromatic carbocycles. The summed E-state index contributed by atoms with van der Waals surface area (Å²) in [6.45, 7) is 4.69. The summed E-state index contributed by atoms with van der Waals surface area (Å²) in [6.07, 6.45) is 0.152. The van der Waals surface area contributed by atoms with Gasteiger partial charge in [-0.1, -0.05) is 29.3 Å². The first-order valence-corrected chi connectivity index (χ1v) is 8.14. The van der Waals surface area contributed by atoms with E-state index in [2.05, 4.69) is 21.2 Å². The van der Waals surface area contributed by atoms with E-state index in [0.717, 1.165) is 21.5 Å². The molecule has 0 atom stereocenters. The minimum absolute atomic E-state index is 0.152. The maximum absolute atomic E-state index is 5.98. The lowest BCUT2D eigenvalue weighted by Crippen LogP contribution is -2.06. The highest BCUT2D eigenvalue weighted by atomic mass is 79.9. The largest absolute Gasteiger partial charge is 0.490 e. The molecule has 2 nitrogen and oxygen atoms in total. The number of rotatable bonds is 5. The van der Waals surface area contributed by atoms with E-state index < -0.39 is 0 Å². The summed E-state index contributed by atoms with van der Waals surface area (Å²) in [5.41, 5.74) is 2.03. The van der Waals surface area contributed by atoms with Crippen LogP contribution >= 0.6 is 39.1 Å². The fraction of sp³-hybridized carbons (Fsp3) is 0.250. The van der Waals surface area contributed by atoms with E-state index in [4.69, 9.17) is 27.9 Å². The Bertz CT molecular complexity index is 611. The number of halogens is 3. The summed E-state index contributed by atoms with van der Waals surface area (Å²) in [5.74, 6) is 0.847. The van der Waals surface area contributed by atoms with Crippen molar-refractivity contribution in [3.8, 4) is 5.75 Å². The predicted octanol–water partition coefficient (Wildman–Crippen LogP) is 6.16. The van der Waals surface area contributed by atoms with E-state index in [1.54, 1.807) is 6.07 Å². The summed E-state index contributed by atoms with van der Waals surface area (Å²) >= 11 is 15.5. The molecule has 2 rings (SSSR count). The van der Waals surface area contributed by atoms with Crippen LogP contribution in [0.2, 0.25) is 10.0 Å². The number of anilines is 1. The molecule has 5 heteroatoms. The smallest absolute Gasteiger partial charge is 0.133 e. The molecule has 0 unspecified atom stereocenters. The monoisotopic (exact) mass is 387 g/mol. The SMILES string of the molecule is CC(C)Oc1ccc(CNc2cc(Cl)cc(Cl)c2)cc1Br. The van der Waals surface area contributed by atoms with Crippen molar-refractivity contribution in [3.05, 3.63) is 56.5 Å². The molecule has 0 amide bonds. The van der Waals surface area contributed by atoms with Crippen LogP contribution in [0.25, 0.3) is 0 Å². The third-order valence-corrected chi connectivity index (χ3v) is 3.77. The van der Waals surface area contributed by atoms with Crippen LogP contribution in [-0.2, 0) is 6.54 Å². The van der Waals surface area contributed by atoms with Gasteiger partial charge >= 0.3 is 0 Å². The molecule has 0 saturated heterocycles. The van der Waals surface area contributed by atoms with Crippen LogP contribution < -0.4 is 10.1 Å². The number of hydrogen-bond donors (Lipinski definition) is 1. The second kappa shape index (κ2) is 7.39. The third kappa shape index (κ3) is 5.10. The van der Waals surface area contributed by atoms with Crippen LogP contribution in [0.5, 0.6) is 5.75 Å². The van der Waals surface area contributed by atoms with Gasteiger partial charge in [0.05, 0.1) is 10.6 Å². The van der Waals surface area contributed by atoms with E-state index in [9.17, 15) is 0 Å². The standard InChI is InChI=1S/C16H16BrCl2NO/c1-10(2)21-16-4-3-11(5-15(16)17)9-20-14-7-12(18)6-13(19)8-14/h3-8,10,20H,9H2,1-2H3. The third-order valence-electron chi connectivity index (χ3n) is 2.72. The van der Waals surface area contributed by atoms with Gasteiger partial charge in [-0.25, -0.2) is 0 Å². The van der Waals surface area contributed by atoms with E-state index in [-0.39, 0.29) is 6.10 Å². The summed E-state index contributed by atoms with van der Waals surface area (Å²) < 4.78 is 6.64. The van der Waals surface area contributed by atoms with E-state index >= 15 is 0 Å². The van der Waals surface area contributed by atoms with Gasteiger partial charge in [0, 0.05) is 22.3 Å². The van der Waals surface area contributed by atoms with Crippen LogP contribution in [0.15, 0.2) is 40.9 Å². The quantitative estimate of drug-likeness (QED) is 0.662. The van der Waals surface area contributed by atoms with Crippen molar-refractivity contribution in [2.24, 2.45) is 0 Å². The lowest BCUT2D eigenvalue weighted by atomic mass is 10.2. The molecule has 0 aliphatic rings. The van der Waals surface area contributed by atoms with Crippen LogP contribution in [0.4, 0.5) is 5.69 Å². The average Bonchev–Trinajstić information content (AvgIpc) is 2.38. The molecule has 0 aliphatic carbocycles. The Morgan fingerprint density at radius 3 is 2.33 bits per heavy atom. The van der Waals surface area contributed by atoms with Gasteiger partial charge in [0.2, 0.25) is 0 Å². The fourth-order valence-corrected chi connectivity index (χ4v) is 2.91. The van der Waals surface area contributed by atoms with E-state index in [0.29, 0.717) is 16.6 Å². The van der Waals surface area contributed by atoms with Crippen LogP contribution in [0.1, 0.15) is 19.4 Å². The molecule has 0 spiro atoms. The van der Waals surface area contributed by atoms with Gasteiger partial charge in [0.15, 0.2) is 0 Å². The summed E-state index contributed by atoms with van der Waals surface area (Å²) in [6, 6.07) is 11.4. The molecular weight excluding hydrogens is 373 g/mol. The molecule has 0 aliphatic heterocycles. The van der Waals surface area contributed by atoms with Gasteiger partial charge in [-0.2, -0.15) is 0 Å². The zero-order valence-corrected chi connectivity index (χ0v) is 14.9. The minimum atomic E-state index is 0.152. The highest BCUT2D eigenvalue weighted by molar-refractivity contribution is 9.10. The second-order valence-electron chi connectivity index (χ2n) is 4.94. The minimum Gasteiger partial charge on any atom is -0.490 e. The molecule has 1 N–H and O–H groups in total. The highest BCUT2D eigenvalue weighted by Gasteiger charge is 2.05. The summed E-state index contributed by atoms with van der Waals surface area (Å²) in [4.78, 5) is 0.